The van der Waals surface area contributed by atoms with Crippen molar-refractivity contribution < 1.29 is 41.6 Å². The number of benzene rings is 2. The number of nitrogens with zero attached hydrogens (tertiary/aromatic N) is 1. The fourth-order valence-corrected chi connectivity index (χ4v) is 4.40. The smallest absolute Gasteiger partial charge is 0.441 e. The van der Waals surface area contributed by atoms with E-state index in [0.29, 0.717) is 19.6 Å². The molecule has 4 rings (SSSR count). The lowest BCUT2D eigenvalue weighted by molar-refractivity contribution is -0.362. The average Bonchev–Trinajstić information content (AvgIpc) is 2.94. The maximum atomic E-state index is 14.1. The largest absolute Gasteiger partial charge is 0.468 e. The predicted molar refractivity (Wildman–Crippen MR) is 139 cm³/mol. The van der Waals surface area contributed by atoms with Gasteiger partial charge in [-0.25, -0.2) is 4.99 Å². The van der Waals surface area contributed by atoms with Gasteiger partial charge in [-0.3, -0.25) is 0 Å². The lowest BCUT2D eigenvalue weighted by Crippen LogP contribution is -2.64. The van der Waals surface area contributed by atoms with Gasteiger partial charge in [-0.05, 0) is 25.0 Å². The second-order valence-electron chi connectivity index (χ2n) is 9.47. The Morgan fingerprint density at radius 1 is 0.872 bits per heavy atom. The SMILES string of the molecule is CCCCOC1[C@H]2OC(c3ccccc3)OCC2O[C@@H](OC(=Nc2ccccc2)C(F)(F)F)[C@H]1OCCCC. The molecule has 7 nitrogen and oxygen atoms in total. The van der Waals surface area contributed by atoms with Crippen LogP contribution >= 0.6 is 0 Å². The lowest BCUT2D eigenvalue weighted by atomic mass is 9.97. The van der Waals surface area contributed by atoms with Crippen molar-refractivity contribution in [3.8, 4) is 0 Å². The van der Waals surface area contributed by atoms with E-state index >= 15 is 0 Å². The summed E-state index contributed by atoms with van der Waals surface area (Å²) in [6.45, 7) is 4.79. The number of aliphatic imine (C=N–C) groups is 1. The number of rotatable bonds is 11. The third-order valence-corrected chi connectivity index (χ3v) is 6.43. The molecule has 2 aliphatic heterocycles. The van der Waals surface area contributed by atoms with Crippen molar-refractivity contribution in [3.05, 3.63) is 66.2 Å². The molecule has 0 amide bonds. The van der Waals surface area contributed by atoms with Crippen molar-refractivity contribution in [2.45, 2.75) is 82.7 Å². The summed E-state index contributed by atoms with van der Waals surface area (Å²) in [7, 11) is 0. The minimum absolute atomic E-state index is 0.0799. The van der Waals surface area contributed by atoms with E-state index in [1.54, 1.807) is 18.2 Å². The van der Waals surface area contributed by atoms with E-state index in [9.17, 15) is 13.2 Å². The van der Waals surface area contributed by atoms with Crippen LogP contribution in [0.1, 0.15) is 51.4 Å². The maximum Gasteiger partial charge on any atom is 0.468 e. The molecule has 0 bridgehead atoms. The number of ether oxygens (including phenoxy) is 6. The van der Waals surface area contributed by atoms with Crippen molar-refractivity contribution in [1.29, 1.82) is 0 Å². The summed E-state index contributed by atoms with van der Waals surface area (Å²) in [4.78, 5) is 3.74. The number of para-hydroxylation sites is 1. The highest BCUT2D eigenvalue weighted by Gasteiger charge is 2.54. The summed E-state index contributed by atoms with van der Waals surface area (Å²) < 4.78 is 78.4. The van der Waals surface area contributed by atoms with E-state index in [2.05, 4.69) is 4.99 Å². The zero-order valence-corrected chi connectivity index (χ0v) is 22.2. The molecule has 39 heavy (non-hydrogen) atoms. The number of hydrogen-bond donors (Lipinski definition) is 0. The van der Waals surface area contributed by atoms with Crippen LogP contribution in [0.15, 0.2) is 65.7 Å². The van der Waals surface area contributed by atoms with E-state index < -0.39 is 49.1 Å². The second-order valence-corrected chi connectivity index (χ2v) is 9.47. The monoisotopic (exact) mass is 551 g/mol. The normalized spacial score (nSPS) is 27.7. The Balaban J connectivity index is 1.63. The van der Waals surface area contributed by atoms with Crippen LogP contribution in [0.3, 0.4) is 0 Å². The van der Waals surface area contributed by atoms with Gasteiger partial charge in [0, 0.05) is 18.8 Å². The number of fused-ring (bicyclic) bond motifs is 1. The average molecular weight is 552 g/mol. The molecular weight excluding hydrogens is 515 g/mol. The lowest BCUT2D eigenvalue weighted by Gasteiger charge is -2.48. The summed E-state index contributed by atoms with van der Waals surface area (Å²) in [5, 5.41) is 0. The van der Waals surface area contributed by atoms with Gasteiger partial charge >= 0.3 is 6.18 Å². The highest BCUT2D eigenvalue weighted by molar-refractivity contribution is 5.84. The van der Waals surface area contributed by atoms with Gasteiger partial charge in [0.1, 0.15) is 24.4 Å². The predicted octanol–water partition coefficient (Wildman–Crippen LogP) is 6.51. The number of halogens is 3. The molecule has 0 radical (unpaired) electrons. The van der Waals surface area contributed by atoms with Crippen LogP contribution in [0.25, 0.3) is 0 Å². The van der Waals surface area contributed by atoms with Crippen LogP contribution in [-0.4, -0.2) is 62.6 Å². The van der Waals surface area contributed by atoms with Crippen LogP contribution in [0, 0.1) is 0 Å². The van der Waals surface area contributed by atoms with Gasteiger partial charge in [0.2, 0.25) is 6.29 Å². The molecular formula is C29H36F3NO6. The summed E-state index contributed by atoms with van der Waals surface area (Å²) >= 11 is 0. The molecule has 0 N–H and O–H groups in total. The van der Waals surface area contributed by atoms with Crippen molar-refractivity contribution >= 4 is 11.6 Å². The molecule has 0 aromatic heterocycles. The molecule has 214 valence electrons. The van der Waals surface area contributed by atoms with Gasteiger partial charge in [0.25, 0.3) is 5.90 Å². The molecule has 2 aliphatic rings. The zero-order chi connectivity index (χ0) is 27.7. The minimum atomic E-state index is -4.86. The first-order chi connectivity index (χ1) is 18.9. The molecule has 2 heterocycles. The van der Waals surface area contributed by atoms with Gasteiger partial charge < -0.3 is 28.4 Å². The zero-order valence-electron chi connectivity index (χ0n) is 22.2. The quantitative estimate of drug-likeness (QED) is 0.180. The molecule has 0 saturated carbocycles. The van der Waals surface area contributed by atoms with Crippen LogP contribution in [0.4, 0.5) is 18.9 Å². The third-order valence-electron chi connectivity index (χ3n) is 6.43. The Kier molecular flexibility index (Phi) is 10.8. The van der Waals surface area contributed by atoms with Crippen molar-refractivity contribution in [2.75, 3.05) is 19.8 Å². The first kappa shape index (κ1) is 29.5. The van der Waals surface area contributed by atoms with Crippen LogP contribution < -0.4 is 0 Å². The van der Waals surface area contributed by atoms with Gasteiger partial charge in [-0.15, -0.1) is 0 Å². The summed E-state index contributed by atoms with van der Waals surface area (Å²) in [5.74, 6) is -1.42. The van der Waals surface area contributed by atoms with E-state index in [1.165, 1.54) is 12.1 Å². The molecule has 3 unspecified atom stereocenters. The van der Waals surface area contributed by atoms with E-state index in [1.807, 2.05) is 44.2 Å². The van der Waals surface area contributed by atoms with Gasteiger partial charge in [-0.2, -0.15) is 13.2 Å². The molecule has 0 spiro atoms. The first-order valence-electron chi connectivity index (χ1n) is 13.5. The maximum absolute atomic E-state index is 14.1. The topological polar surface area (TPSA) is 67.7 Å². The Hall–Kier alpha value is -2.50. The molecule has 2 saturated heterocycles. The van der Waals surface area contributed by atoms with Gasteiger partial charge in [-0.1, -0.05) is 75.2 Å². The van der Waals surface area contributed by atoms with E-state index in [0.717, 1.165) is 24.8 Å². The van der Waals surface area contributed by atoms with Gasteiger partial charge in [0.05, 0.1) is 12.3 Å². The Morgan fingerprint density at radius 2 is 1.49 bits per heavy atom. The van der Waals surface area contributed by atoms with E-state index in [-0.39, 0.29) is 12.3 Å². The number of hydrogen-bond acceptors (Lipinski definition) is 7. The molecule has 2 aromatic rings. The fourth-order valence-electron chi connectivity index (χ4n) is 4.40. The molecule has 6 atom stereocenters. The molecule has 10 heteroatoms. The Morgan fingerprint density at radius 3 is 2.10 bits per heavy atom. The minimum Gasteiger partial charge on any atom is -0.441 e. The molecule has 2 aromatic carbocycles. The summed E-state index contributed by atoms with van der Waals surface area (Å²) in [5.41, 5.74) is 0.923. The van der Waals surface area contributed by atoms with Crippen molar-refractivity contribution in [1.82, 2.24) is 0 Å². The Labute approximate surface area is 227 Å². The van der Waals surface area contributed by atoms with Gasteiger partial charge in [0.15, 0.2) is 6.29 Å². The summed E-state index contributed by atoms with van der Waals surface area (Å²) in [6, 6.07) is 17.3. The van der Waals surface area contributed by atoms with Crippen LogP contribution in [0.2, 0.25) is 0 Å². The molecule has 0 aliphatic carbocycles. The fraction of sp³-hybridized carbons (Fsp3) is 0.552. The number of unbranched alkanes of at least 4 members (excludes halogenated alkanes) is 2. The van der Waals surface area contributed by atoms with Crippen LogP contribution in [0.5, 0.6) is 0 Å². The summed E-state index contributed by atoms with van der Waals surface area (Å²) in [6.07, 6.45) is -6.90. The highest BCUT2D eigenvalue weighted by atomic mass is 19.4. The third kappa shape index (κ3) is 8.02. The van der Waals surface area contributed by atoms with Crippen molar-refractivity contribution in [2.24, 2.45) is 4.99 Å². The Bertz CT molecular complexity index is 1020. The highest BCUT2D eigenvalue weighted by Crippen LogP contribution is 2.38. The molecule has 2 fully saturated rings. The first-order valence-corrected chi connectivity index (χ1v) is 13.5. The van der Waals surface area contributed by atoms with Crippen molar-refractivity contribution in [3.63, 3.8) is 0 Å². The van der Waals surface area contributed by atoms with E-state index in [4.69, 9.17) is 28.4 Å². The number of alkyl halides is 3. The standard InChI is InChI=1S/C29H36F3NO6/c1-3-5-17-34-24-23-22(19-36-26(38-23)20-13-9-7-10-14-20)37-27(25(24)35-18-6-4-2)39-28(29(30,31)32)33-21-15-11-8-12-16-21/h7-16,22-27H,3-6,17-19H2,1-2H3/t22?,23-,24?,25-,26?,27-/m0/s1. The second kappa shape index (κ2) is 14.2. The van der Waals surface area contributed by atoms with Crippen LogP contribution in [-0.2, 0) is 28.4 Å².